The first kappa shape index (κ1) is 12.1. The summed E-state index contributed by atoms with van der Waals surface area (Å²) in [4.78, 5) is 24.2. The van der Waals surface area contributed by atoms with E-state index in [1.807, 2.05) is 16.3 Å². The molecule has 0 aromatic carbocycles. The summed E-state index contributed by atoms with van der Waals surface area (Å²) >= 11 is 1.63. The van der Waals surface area contributed by atoms with Crippen molar-refractivity contribution in [1.29, 1.82) is 0 Å². The quantitative estimate of drug-likeness (QED) is 0.895. The number of rotatable bonds is 4. The molecule has 1 N–H and O–H groups in total. The van der Waals surface area contributed by atoms with Gasteiger partial charge >= 0.3 is 5.97 Å². The Hall–Kier alpha value is -1.36. The van der Waals surface area contributed by atoms with Crippen molar-refractivity contribution in [3.05, 3.63) is 22.4 Å². The third-order valence-electron chi connectivity index (χ3n) is 3.05. The molecule has 0 saturated carbocycles. The molecule has 1 atom stereocenters. The van der Waals surface area contributed by atoms with E-state index in [1.165, 1.54) is 5.56 Å². The van der Waals surface area contributed by atoms with E-state index in [0.29, 0.717) is 0 Å². The van der Waals surface area contributed by atoms with Gasteiger partial charge in [-0.15, -0.1) is 0 Å². The summed E-state index contributed by atoms with van der Waals surface area (Å²) in [6.07, 6.45) is 2.01. The highest BCUT2D eigenvalue weighted by Gasteiger charge is 2.29. The van der Waals surface area contributed by atoms with Gasteiger partial charge in [-0.25, -0.2) is 0 Å². The van der Waals surface area contributed by atoms with E-state index in [1.54, 1.807) is 11.3 Å². The highest BCUT2D eigenvalue weighted by atomic mass is 32.1. The number of likely N-dealkylation sites (tertiary alicyclic amines) is 1. The Morgan fingerprint density at radius 2 is 2.29 bits per heavy atom. The van der Waals surface area contributed by atoms with E-state index in [2.05, 4.69) is 5.38 Å². The fraction of sp³-hybridized carbons (Fsp3) is 0.500. The van der Waals surface area contributed by atoms with Gasteiger partial charge in [-0.1, -0.05) is 0 Å². The van der Waals surface area contributed by atoms with Crippen molar-refractivity contribution in [2.24, 2.45) is 0 Å². The van der Waals surface area contributed by atoms with Crippen LogP contribution in [-0.4, -0.2) is 28.4 Å². The van der Waals surface area contributed by atoms with Crippen LogP contribution in [0, 0.1) is 0 Å². The van der Waals surface area contributed by atoms with Crippen LogP contribution in [-0.2, 0) is 9.59 Å². The van der Waals surface area contributed by atoms with Crippen molar-refractivity contribution < 1.29 is 14.7 Å². The molecule has 17 heavy (non-hydrogen) atoms. The third-order valence-corrected chi connectivity index (χ3v) is 3.76. The van der Waals surface area contributed by atoms with Gasteiger partial charge in [0.15, 0.2) is 0 Å². The van der Waals surface area contributed by atoms with Crippen LogP contribution in [0.25, 0.3) is 0 Å². The van der Waals surface area contributed by atoms with Crippen LogP contribution in [0.5, 0.6) is 0 Å². The summed E-state index contributed by atoms with van der Waals surface area (Å²) in [5.41, 5.74) is 1.18. The zero-order valence-electron chi connectivity index (χ0n) is 9.46. The average Bonchev–Trinajstić information content (AvgIpc) is 2.94. The number of aliphatic carboxylic acids is 1. The average molecular weight is 253 g/mol. The molecule has 1 unspecified atom stereocenters. The van der Waals surface area contributed by atoms with Gasteiger partial charge < -0.3 is 10.0 Å². The molecule has 1 aliphatic heterocycles. The number of nitrogens with zero attached hydrogens (tertiary/aromatic N) is 1. The fourth-order valence-electron chi connectivity index (χ4n) is 2.23. The van der Waals surface area contributed by atoms with Crippen molar-refractivity contribution in [2.75, 3.05) is 6.54 Å². The lowest BCUT2D eigenvalue weighted by Crippen LogP contribution is -2.30. The maximum Gasteiger partial charge on any atom is 0.303 e. The minimum Gasteiger partial charge on any atom is -0.481 e. The molecule has 1 aliphatic rings. The van der Waals surface area contributed by atoms with Crippen LogP contribution >= 0.6 is 11.3 Å². The first-order valence-corrected chi connectivity index (χ1v) is 6.66. The van der Waals surface area contributed by atoms with Gasteiger partial charge in [-0.2, -0.15) is 11.3 Å². The lowest BCUT2D eigenvalue weighted by Gasteiger charge is -2.24. The van der Waals surface area contributed by atoms with Crippen LogP contribution in [0.15, 0.2) is 16.8 Å². The van der Waals surface area contributed by atoms with Crippen LogP contribution in [0.4, 0.5) is 0 Å². The summed E-state index contributed by atoms with van der Waals surface area (Å²) < 4.78 is 0. The molecule has 2 rings (SSSR count). The second kappa shape index (κ2) is 5.31. The zero-order valence-corrected chi connectivity index (χ0v) is 10.3. The van der Waals surface area contributed by atoms with Gasteiger partial charge in [0.1, 0.15) is 0 Å². The highest BCUT2D eigenvalue weighted by Crippen LogP contribution is 2.33. The second-order valence-corrected chi connectivity index (χ2v) is 4.98. The Morgan fingerprint density at radius 3 is 2.94 bits per heavy atom. The van der Waals surface area contributed by atoms with Crippen LogP contribution in [0.3, 0.4) is 0 Å². The Balaban J connectivity index is 1.99. The summed E-state index contributed by atoms with van der Waals surface area (Å²) in [6.45, 7) is 0.749. The molecule has 1 fully saturated rings. The predicted molar refractivity (Wildman–Crippen MR) is 64.9 cm³/mol. The van der Waals surface area contributed by atoms with Gasteiger partial charge in [0.2, 0.25) is 5.91 Å². The number of thiophene rings is 1. The number of amides is 1. The summed E-state index contributed by atoms with van der Waals surface area (Å²) in [7, 11) is 0. The van der Waals surface area contributed by atoms with Crippen LogP contribution < -0.4 is 0 Å². The van der Waals surface area contributed by atoms with Crippen LogP contribution in [0.2, 0.25) is 0 Å². The highest BCUT2D eigenvalue weighted by molar-refractivity contribution is 7.07. The molecule has 1 aromatic heterocycles. The third kappa shape index (κ3) is 2.85. The summed E-state index contributed by atoms with van der Waals surface area (Å²) in [6, 6.07) is 2.19. The molecule has 0 spiro atoms. The Morgan fingerprint density at radius 1 is 1.47 bits per heavy atom. The molecule has 0 bridgehead atoms. The largest absolute Gasteiger partial charge is 0.481 e. The second-order valence-electron chi connectivity index (χ2n) is 4.20. The number of carboxylic acid groups (broad SMARTS) is 1. The monoisotopic (exact) mass is 253 g/mol. The van der Waals surface area contributed by atoms with E-state index < -0.39 is 5.97 Å². The van der Waals surface area contributed by atoms with Crippen LogP contribution in [0.1, 0.15) is 37.3 Å². The molecule has 0 radical (unpaired) electrons. The Kier molecular flexibility index (Phi) is 3.78. The molecular formula is C12H15NO3S. The standard InChI is InChI=1S/C12H15NO3S/c14-11(3-4-12(15)16)13-6-1-2-10(13)9-5-7-17-8-9/h5,7-8,10H,1-4,6H2,(H,15,16). The topological polar surface area (TPSA) is 57.6 Å². The molecule has 4 nitrogen and oxygen atoms in total. The Bertz CT molecular complexity index is 402. The molecule has 1 aromatic rings. The summed E-state index contributed by atoms with van der Waals surface area (Å²) in [5, 5.41) is 12.7. The van der Waals surface area contributed by atoms with Crippen molar-refractivity contribution in [1.82, 2.24) is 4.90 Å². The lowest BCUT2D eigenvalue weighted by atomic mass is 10.1. The number of carboxylic acids is 1. The van der Waals surface area contributed by atoms with Gasteiger partial charge in [0.05, 0.1) is 12.5 Å². The van der Waals surface area contributed by atoms with Gasteiger partial charge in [0.25, 0.3) is 0 Å². The molecule has 1 saturated heterocycles. The number of carbonyl (C=O) groups is 2. The van der Waals surface area contributed by atoms with E-state index in [9.17, 15) is 9.59 Å². The van der Waals surface area contributed by atoms with Gasteiger partial charge in [-0.05, 0) is 35.2 Å². The van der Waals surface area contributed by atoms with Crippen molar-refractivity contribution in [2.45, 2.75) is 31.7 Å². The summed E-state index contributed by atoms with van der Waals surface area (Å²) in [5.74, 6) is -0.953. The SMILES string of the molecule is O=C(O)CCC(=O)N1CCCC1c1ccsc1. The Labute approximate surface area is 104 Å². The minimum absolute atomic E-state index is 0.0406. The smallest absolute Gasteiger partial charge is 0.303 e. The first-order chi connectivity index (χ1) is 8.18. The molecule has 92 valence electrons. The lowest BCUT2D eigenvalue weighted by molar-refractivity contribution is -0.141. The first-order valence-electron chi connectivity index (χ1n) is 5.72. The maximum atomic E-state index is 11.9. The van der Waals surface area contributed by atoms with E-state index in [4.69, 9.17) is 5.11 Å². The number of hydrogen-bond donors (Lipinski definition) is 1. The zero-order chi connectivity index (χ0) is 12.3. The van der Waals surface area contributed by atoms with Gasteiger partial charge in [-0.3, -0.25) is 9.59 Å². The van der Waals surface area contributed by atoms with E-state index >= 15 is 0 Å². The predicted octanol–water partition coefficient (Wildman–Crippen LogP) is 2.28. The molecule has 5 heteroatoms. The van der Waals surface area contributed by atoms with E-state index in [-0.39, 0.29) is 24.8 Å². The maximum absolute atomic E-state index is 11.9. The van der Waals surface area contributed by atoms with Crippen molar-refractivity contribution in [3.8, 4) is 0 Å². The molecular weight excluding hydrogens is 238 g/mol. The fourth-order valence-corrected chi connectivity index (χ4v) is 2.94. The molecule has 2 heterocycles. The number of carbonyl (C=O) groups excluding carboxylic acids is 1. The normalized spacial score (nSPS) is 19.5. The van der Waals surface area contributed by atoms with E-state index in [0.717, 1.165) is 19.4 Å². The number of hydrogen-bond acceptors (Lipinski definition) is 3. The molecule has 0 aliphatic carbocycles. The van der Waals surface area contributed by atoms with Crippen molar-refractivity contribution in [3.63, 3.8) is 0 Å². The van der Waals surface area contributed by atoms with Gasteiger partial charge in [0, 0.05) is 13.0 Å². The molecule has 1 amide bonds. The van der Waals surface area contributed by atoms with Crippen molar-refractivity contribution >= 4 is 23.2 Å². The minimum atomic E-state index is -0.912.